The van der Waals surface area contributed by atoms with Gasteiger partial charge >= 0.3 is 5.97 Å². The van der Waals surface area contributed by atoms with E-state index in [4.69, 9.17) is 0 Å². The predicted octanol–water partition coefficient (Wildman–Crippen LogP) is 2.05. The summed E-state index contributed by atoms with van der Waals surface area (Å²) in [6.07, 6.45) is -0.826. The third kappa shape index (κ3) is 3.12. The minimum atomic E-state index is -0.806. The van der Waals surface area contributed by atoms with E-state index in [2.05, 4.69) is 20.7 Å². The van der Waals surface area contributed by atoms with Crippen molar-refractivity contribution in [2.45, 2.75) is 12.5 Å². The van der Waals surface area contributed by atoms with Crippen LogP contribution in [0.4, 0.5) is 0 Å². The van der Waals surface area contributed by atoms with Crippen LogP contribution in [0.2, 0.25) is 0 Å². The largest absolute Gasteiger partial charge is 0.469 e. The Kier molecular flexibility index (Phi) is 4.10. The van der Waals surface area contributed by atoms with E-state index >= 15 is 0 Å². The average Bonchev–Trinajstić information content (AvgIpc) is 2.17. The number of benzene rings is 1. The molecule has 0 bridgehead atoms. The molecule has 0 fully saturated rings. The maximum absolute atomic E-state index is 10.9. The molecule has 0 saturated carbocycles. The van der Waals surface area contributed by atoms with Gasteiger partial charge in [0.05, 0.1) is 19.6 Å². The highest BCUT2D eigenvalue weighted by atomic mass is 79.9. The van der Waals surface area contributed by atoms with Crippen molar-refractivity contribution in [2.24, 2.45) is 0 Å². The van der Waals surface area contributed by atoms with Gasteiger partial charge in [0.1, 0.15) is 0 Å². The molecule has 0 aliphatic carbocycles. The molecule has 0 saturated heterocycles. The van der Waals surface area contributed by atoms with Crippen LogP contribution in [0.3, 0.4) is 0 Å². The lowest BCUT2D eigenvalue weighted by Crippen LogP contribution is -2.07. The normalized spacial score (nSPS) is 12.2. The van der Waals surface area contributed by atoms with Crippen molar-refractivity contribution in [1.82, 2.24) is 0 Å². The van der Waals surface area contributed by atoms with Crippen LogP contribution in [0.1, 0.15) is 18.1 Å². The maximum Gasteiger partial charge on any atom is 0.308 e. The van der Waals surface area contributed by atoms with Crippen LogP contribution in [0.15, 0.2) is 28.7 Å². The third-order valence-electron chi connectivity index (χ3n) is 1.82. The summed E-state index contributed by atoms with van der Waals surface area (Å²) >= 11 is 3.29. The fraction of sp³-hybridized carbons (Fsp3) is 0.300. The van der Waals surface area contributed by atoms with Crippen LogP contribution >= 0.6 is 15.9 Å². The van der Waals surface area contributed by atoms with Crippen LogP contribution in [0.25, 0.3) is 0 Å². The first-order valence-corrected chi connectivity index (χ1v) is 4.93. The lowest BCUT2D eigenvalue weighted by molar-refractivity contribution is -0.142. The van der Waals surface area contributed by atoms with Gasteiger partial charge in [-0.1, -0.05) is 28.1 Å². The quantitative estimate of drug-likeness (QED) is 0.845. The molecule has 3 nitrogen and oxygen atoms in total. The van der Waals surface area contributed by atoms with Crippen molar-refractivity contribution in [3.8, 4) is 0 Å². The van der Waals surface area contributed by atoms with E-state index in [9.17, 15) is 9.90 Å². The first-order valence-electron chi connectivity index (χ1n) is 4.14. The topological polar surface area (TPSA) is 46.5 Å². The van der Waals surface area contributed by atoms with Crippen molar-refractivity contribution in [1.29, 1.82) is 0 Å². The van der Waals surface area contributed by atoms with Gasteiger partial charge in [-0.15, -0.1) is 0 Å². The molecule has 1 aromatic rings. The van der Waals surface area contributed by atoms with Crippen molar-refractivity contribution in [3.05, 3.63) is 34.3 Å². The molecule has 1 unspecified atom stereocenters. The molecule has 1 rings (SSSR count). The van der Waals surface area contributed by atoms with Gasteiger partial charge in [0.25, 0.3) is 0 Å². The number of methoxy groups -OCH3 is 1. The highest BCUT2D eigenvalue weighted by Gasteiger charge is 2.12. The molecule has 1 aromatic carbocycles. The van der Waals surface area contributed by atoms with Crippen LogP contribution in [-0.4, -0.2) is 18.2 Å². The number of rotatable bonds is 3. The van der Waals surface area contributed by atoms with Gasteiger partial charge < -0.3 is 9.84 Å². The Hall–Kier alpha value is -0.870. The molecule has 0 spiro atoms. The number of ether oxygens (including phenoxy) is 1. The Morgan fingerprint density at radius 1 is 1.64 bits per heavy atom. The lowest BCUT2D eigenvalue weighted by Gasteiger charge is -2.09. The molecule has 0 amide bonds. The molecule has 0 aliphatic heterocycles. The molecule has 1 atom stereocenters. The number of halogens is 1. The van der Waals surface area contributed by atoms with E-state index in [0.717, 1.165) is 4.47 Å². The first-order chi connectivity index (χ1) is 6.63. The molecule has 0 aliphatic rings. The summed E-state index contributed by atoms with van der Waals surface area (Å²) in [5.41, 5.74) is 0.699. The van der Waals surface area contributed by atoms with Gasteiger partial charge in [-0.3, -0.25) is 4.79 Å². The Balaban J connectivity index is 2.69. The van der Waals surface area contributed by atoms with Crippen LogP contribution < -0.4 is 0 Å². The summed E-state index contributed by atoms with van der Waals surface area (Å²) in [5, 5.41) is 9.62. The SMILES string of the molecule is COC(=O)CC(O)c1cccc(Br)c1. The van der Waals surface area contributed by atoms with Gasteiger partial charge in [0.2, 0.25) is 0 Å². The monoisotopic (exact) mass is 258 g/mol. The summed E-state index contributed by atoms with van der Waals surface area (Å²) < 4.78 is 5.34. The highest BCUT2D eigenvalue weighted by molar-refractivity contribution is 9.10. The Morgan fingerprint density at radius 3 is 2.93 bits per heavy atom. The lowest BCUT2D eigenvalue weighted by atomic mass is 10.1. The summed E-state index contributed by atoms with van der Waals surface area (Å²) in [6.45, 7) is 0. The zero-order chi connectivity index (χ0) is 10.6. The number of hydrogen-bond acceptors (Lipinski definition) is 3. The maximum atomic E-state index is 10.9. The summed E-state index contributed by atoms with van der Waals surface area (Å²) in [7, 11) is 1.30. The molecular weight excluding hydrogens is 248 g/mol. The first kappa shape index (κ1) is 11.2. The molecule has 0 heterocycles. The minimum absolute atomic E-state index is 0.0209. The molecule has 14 heavy (non-hydrogen) atoms. The zero-order valence-corrected chi connectivity index (χ0v) is 9.32. The van der Waals surface area contributed by atoms with Crippen LogP contribution in [0, 0.1) is 0 Å². The number of hydrogen-bond donors (Lipinski definition) is 1. The average molecular weight is 259 g/mol. The second-order valence-corrected chi connectivity index (χ2v) is 3.77. The highest BCUT2D eigenvalue weighted by Crippen LogP contribution is 2.20. The van der Waals surface area contributed by atoms with Crippen molar-refractivity contribution in [2.75, 3.05) is 7.11 Å². The predicted molar refractivity (Wildman–Crippen MR) is 55.7 cm³/mol. The van der Waals surface area contributed by atoms with Crippen molar-refractivity contribution in [3.63, 3.8) is 0 Å². The molecular formula is C10H11BrO3. The number of carbonyl (C=O) groups is 1. The standard InChI is InChI=1S/C10H11BrO3/c1-14-10(13)6-9(12)7-3-2-4-8(11)5-7/h2-5,9,12H,6H2,1H3. The van der Waals surface area contributed by atoms with E-state index in [1.54, 1.807) is 18.2 Å². The van der Waals surface area contributed by atoms with E-state index < -0.39 is 12.1 Å². The zero-order valence-electron chi connectivity index (χ0n) is 7.74. The van der Waals surface area contributed by atoms with E-state index in [0.29, 0.717) is 5.56 Å². The fourth-order valence-electron chi connectivity index (χ4n) is 1.07. The molecule has 1 N–H and O–H groups in total. The fourth-order valence-corrected chi connectivity index (χ4v) is 1.49. The van der Waals surface area contributed by atoms with Crippen LogP contribution in [0.5, 0.6) is 0 Å². The molecule has 0 radical (unpaired) electrons. The Labute approximate surface area is 90.8 Å². The summed E-state index contributed by atoms with van der Waals surface area (Å²) in [6, 6.07) is 7.19. The Morgan fingerprint density at radius 2 is 2.36 bits per heavy atom. The minimum Gasteiger partial charge on any atom is -0.469 e. The van der Waals surface area contributed by atoms with Gasteiger partial charge in [0.15, 0.2) is 0 Å². The van der Waals surface area contributed by atoms with E-state index in [1.807, 2.05) is 6.07 Å². The van der Waals surface area contributed by atoms with Gasteiger partial charge in [-0.05, 0) is 17.7 Å². The summed E-state index contributed by atoms with van der Waals surface area (Å²) in [4.78, 5) is 10.9. The smallest absolute Gasteiger partial charge is 0.308 e. The van der Waals surface area contributed by atoms with Gasteiger partial charge in [-0.25, -0.2) is 0 Å². The van der Waals surface area contributed by atoms with Crippen molar-refractivity contribution >= 4 is 21.9 Å². The van der Waals surface area contributed by atoms with E-state index in [-0.39, 0.29) is 6.42 Å². The van der Waals surface area contributed by atoms with Gasteiger partial charge in [-0.2, -0.15) is 0 Å². The number of aliphatic hydroxyl groups excluding tert-OH is 1. The van der Waals surface area contributed by atoms with E-state index in [1.165, 1.54) is 7.11 Å². The third-order valence-corrected chi connectivity index (χ3v) is 2.31. The number of esters is 1. The van der Waals surface area contributed by atoms with Gasteiger partial charge in [0, 0.05) is 4.47 Å². The van der Waals surface area contributed by atoms with Crippen molar-refractivity contribution < 1.29 is 14.6 Å². The van der Waals surface area contributed by atoms with Crippen LogP contribution in [-0.2, 0) is 9.53 Å². The second kappa shape index (κ2) is 5.12. The summed E-state index contributed by atoms with van der Waals surface area (Å²) in [5.74, 6) is -0.419. The Bertz CT molecular complexity index is 325. The second-order valence-electron chi connectivity index (χ2n) is 2.85. The molecule has 4 heteroatoms. The molecule has 0 aromatic heterocycles. The number of aliphatic hydroxyl groups is 1. The molecule has 76 valence electrons. The number of carbonyl (C=O) groups excluding carboxylic acids is 1.